The monoisotopic (exact) mass is 407 g/mol. The van der Waals surface area contributed by atoms with E-state index in [4.69, 9.17) is 4.74 Å². The molecule has 0 atom stereocenters. The third-order valence-corrected chi connectivity index (χ3v) is 5.19. The van der Waals surface area contributed by atoms with Crippen molar-refractivity contribution in [3.05, 3.63) is 100 Å². The fourth-order valence-electron chi connectivity index (χ4n) is 2.76. The Morgan fingerprint density at radius 2 is 1.93 bits per heavy atom. The molecule has 146 valence electrons. The minimum Gasteiger partial charge on any atom is -0.489 e. The second-order valence-corrected chi connectivity index (χ2v) is 7.30. The van der Waals surface area contributed by atoms with Crippen LogP contribution in [0.1, 0.15) is 20.8 Å². The molecule has 2 aromatic heterocycles. The van der Waals surface area contributed by atoms with Crippen LogP contribution in [0.25, 0.3) is 0 Å². The van der Waals surface area contributed by atoms with Crippen LogP contribution in [0.5, 0.6) is 5.75 Å². The molecule has 0 aliphatic carbocycles. The summed E-state index contributed by atoms with van der Waals surface area (Å²) in [6.45, 7) is 0.691. The summed E-state index contributed by atoms with van der Waals surface area (Å²) in [6.07, 6.45) is 3.23. The molecule has 5 nitrogen and oxygen atoms in total. The van der Waals surface area contributed by atoms with Crippen LogP contribution < -0.4 is 10.1 Å². The van der Waals surface area contributed by atoms with E-state index in [2.05, 4.69) is 10.4 Å². The highest BCUT2D eigenvalue weighted by atomic mass is 32.1. The number of thiophene rings is 1. The van der Waals surface area contributed by atoms with Crippen molar-refractivity contribution in [2.75, 3.05) is 5.32 Å². The van der Waals surface area contributed by atoms with Crippen LogP contribution in [0.2, 0.25) is 0 Å². The minimum absolute atomic E-state index is 0.216. The van der Waals surface area contributed by atoms with Crippen LogP contribution in [0.4, 0.5) is 10.1 Å². The average molecular weight is 407 g/mol. The zero-order valence-corrected chi connectivity index (χ0v) is 16.2. The van der Waals surface area contributed by atoms with Crippen LogP contribution in [-0.4, -0.2) is 15.7 Å². The third kappa shape index (κ3) is 4.89. The molecule has 29 heavy (non-hydrogen) atoms. The van der Waals surface area contributed by atoms with E-state index in [0.717, 1.165) is 11.3 Å². The number of benzene rings is 2. The van der Waals surface area contributed by atoms with Gasteiger partial charge in [0.05, 0.1) is 23.3 Å². The predicted molar refractivity (Wildman–Crippen MR) is 111 cm³/mol. The van der Waals surface area contributed by atoms with Gasteiger partial charge < -0.3 is 10.1 Å². The second kappa shape index (κ2) is 8.70. The molecule has 1 N–H and O–H groups in total. The van der Waals surface area contributed by atoms with Gasteiger partial charge in [-0.2, -0.15) is 5.10 Å². The first kappa shape index (κ1) is 18.9. The van der Waals surface area contributed by atoms with Gasteiger partial charge in [-0.15, -0.1) is 11.3 Å². The summed E-state index contributed by atoms with van der Waals surface area (Å²) in [5.41, 5.74) is 2.02. The van der Waals surface area contributed by atoms with Crippen molar-refractivity contribution < 1.29 is 13.9 Å². The molecular weight excluding hydrogens is 389 g/mol. The summed E-state index contributed by atoms with van der Waals surface area (Å²) in [5.74, 6) is 0.288. The summed E-state index contributed by atoms with van der Waals surface area (Å²) in [5, 5.41) is 8.91. The molecule has 2 aromatic carbocycles. The Labute approximate surface area is 171 Å². The number of nitrogens with zero attached hydrogens (tertiary/aromatic N) is 2. The maximum atomic E-state index is 13.8. The quantitative estimate of drug-likeness (QED) is 0.471. The van der Waals surface area contributed by atoms with Crippen molar-refractivity contribution in [2.45, 2.75) is 13.2 Å². The van der Waals surface area contributed by atoms with E-state index in [1.54, 1.807) is 35.3 Å². The highest BCUT2D eigenvalue weighted by molar-refractivity contribution is 7.12. The van der Waals surface area contributed by atoms with Crippen molar-refractivity contribution in [1.29, 1.82) is 0 Å². The fourth-order valence-corrected chi connectivity index (χ4v) is 3.55. The first-order valence-electron chi connectivity index (χ1n) is 9.00. The van der Waals surface area contributed by atoms with E-state index in [0.29, 0.717) is 29.3 Å². The van der Waals surface area contributed by atoms with E-state index >= 15 is 0 Å². The number of aromatic nitrogens is 2. The van der Waals surface area contributed by atoms with Gasteiger partial charge in [-0.25, -0.2) is 4.39 Å². The topological polar surface area (TPSA) is 56.2 Å². The molecular formula is C22H18FN3O2S. The van der Waals surface area contributed by atoms with Crippen molar-refractivity contribution in [1.82, 2.24) is 9.78 Å². The van der Waals surface area contributed by atoms with Crippen LogP contribution >= 0.6 is 11.3 Å². The number of hydrogen-bond acceptors (Lipinski definition) is 4. The average Bonchev–Trinajstić information content (AvgIpc) is 3.39. The number of rotatable bonds is 7. The van der Waals surface area contributed by atoms with E-state index in [9.17, 15) is 9.18 Å². The maximum absolute atomic E-state index is 13.8. The molecule has 0 aliphatic heterocycles. The van der Waals surface area contributed by atoms with Crippen molar-refractivity contribution in [3.63, 3.8) is 0 Å². The smallest absolute Gasteiger partial charge is 0.265 e. The van der Waals surface area contributed by atoms with E-state index in [1.165, 1.54) is 17.4 Å². The van der Waals surface area contributed by atoms with E-state index < -0.39 is 0 Å². The largest absolute Gasteiger partial charge is 0.489 e. The van der Waals surface area contributed by atoms with Gasteiger partial charge >= 0.3 is 0 Å². The second-order valence-electron chi connectivity index (χ2n) is 6.39. The molecule has 0 aliphatic rings. The molecule has 0 spiro atoms. The third-order valence-electron chi connectivity index (χ3n) is 4.21. The highest BCUT2D eigenvalue weighted by Gasteiger charge is 2.12. The van der Waals surface area contributed by atoms with Crippen molar-refractivity contribution in [3.8, 4) is 5.75 Å². The molecule has 4 rings (SSSR count). The molecule has 2 heterocycles. The van der Waals surface area contributed by atoms with Crippen LogP contribution in [0, 0.1) is 5.82 Å². The Hall–Kier alpha value is -3.45. The maximum Gasteiger partial charge on any atom is 0.265 e. The number of halogens is 1. The number of carbonyl (C=O) groups is 1. The predicted octanol–water partition coefficient (Wildman–Crippen LogP) is 4.96. The van der Waals surface area contributed by atoms with Gasteiger partial charge in [-0.1, -0.05) is 36.4 Å². The van der Waals surface area contributed by atoms with Gasteiger partial charge in [0.2, 0.25) is 0 Å². The Bertz CT molecular complexity index is 1110. The normalized spacial score (nSPS) is 10.7. The number of hydrogen-bond donors (Lipinski definition) is 1. The molecule has 0 saturated heterocycles. The first-order chi connectivity index (χ1) is 14.2. The molecule has 0 saturated carbocycles. The highest BCUT2D eigenvalue weighted by Crippen LogP contribution is 2.19. The van der Waals surface area contributed by atoms with Gasteiger partial charge in [0.15, 0.2) is 0 Å². The van der Waals surface area contributed by atoms with Crippen molar-refractivity contribution in [2.24, 2.45) is 0 Å². The van der Waals surface area contributed by atoms with E-state index in [-0.39, 0.29) is 11.7 Å². The summed E-state index contributed by atoms with van der Waals surface area (Å²) in [4.78, 5) is 13.1. The van der Waals surface area contributed by atoms with Crippen molar-refractivity contribution >= 4 is 22.9 Å². The summed E-state index contributed by atoms with van der Waals surface area (Å²) >= 11 is 1.35. The fraction of sp³-hybridized carbons (Fsp3) is 0.0909. The van der Waals surface area contributed by atoms with Gasteiger partial charge in [-0.3, -0.25) is 9.48 Å². The lowest BCUT2D eigenvalue weighted by Gasteiger charge is -2.03. The molecule has 0 radical (unpaired) electrons. The number of nitrogens with one attached hydrogen (secondary N) is 1. The zero-order valence-electron chi connectivity index (χ0n) is 15.4. The number of para-hydroxylation sites is 1. The molecule has 4 aromatic rings. The zero-order chi connectivity index (χ0) is 20.1. The lowest BCUT2D eigenvalue weighted by Crippen LogP contribution is -2.09. The van der Waals surface area contributed by atoms with E-state index in [1.807, 2.05) is 41.8 Å². The van der Waals surface area contributed by atoms with Crippen LogP contribution in [0.15, 0.2) is 78.4 Å². The van der Waals surface area contributed by atoms with Gasteiger partial charge in [0.1, 0.15) is 18.2 Å². The molecule has 0 fully saturated rings. The summed E-state index contributed by atoms with van der Waals surface area (Å²) in [6, 6.07) is 17.9. The lowest BCUT2D eigenvalue weighted by atomic mass is 10.2. The molecule has 0 unspecified atom stereocenters. The number of amides is 1. The van der Waals surface area contributed by atoms with Gasteiger partial charge in [0.25, 0.3) is 5.91 Å². The Balaban J connectivity index is 1.34. The minimum atomic E-state index is -0.280. The molecule has 7 heteroatoms. The summed E-state index contributed by atoms with van der Waals surface area (Å²) in [7, 11) is 0. The number of carbonyl (C=O) groups excluding carboxylic acids is 1. The van der Waals surface area contributed by atoms with Gasteiger partial charge in [-0.05, 0) is 29.6 Å². The Morgan fingerprint density at radius 3 is 2.76 bits per heavy atom. The van der Waals surface area contributed by atoms with Crippen LogP contribution in [-0.2, 0) is 13.2 Å². The molecule has 0 bridgehead atoms. The lowest BCUT2D eigenvalue weighted by molar-refractivity contribution is 0.103. The SMILES string of the molecule is O=C(Nc1cnn(Cc2ccccc2F)c1)c1cc(COc2ccccc2)cs1. The number of ether oxygens (including phenoxy) is 1. The summed E-state index contributed by atoms with van der Waals surface area (Å²) < 4.78 is 21.1. The van der Waals surface area contributed by atoms with Gasteiger partial charge in [0, 0.05) is 17.3 Å². The standard InChI is InChI=1S/C22H18FN3O2S/c23-20-9-5-4-6-17(20)12-26-13-18(11-24-26)25-22(27)21-10-16(15-29-21)14-28-19-7-2-1-3-8-19/h1-11,13,15H,12,14H2,(H,25,27). The molecule has 1 amide bonds. The Kier molecular flexibility index (Phi) is 5.67. The number of anilines is 1. The Morgan fingerprint density at radius 1 is 1.14 bits per heavy atom. The van der Waals surface area contributed by atoms with Crippen LogP contribution in [0.3, 0.4) is 0 Å². The first-order valence-corrected chi connectivity index (χ1v) is 9.88.